The Morgan fingerprint density at radius 2 is 2.17 bits per heavy atom. The highest BCUT2D eigenvalue weighted by Crippen LogP contribution is 2.33. The van der Waals surface area contributed by atoms with Gasteiger partial charge in [-0.1, -0.05) is 19.3 Å². The molecule has 23 heavy (non-hydrogen) atoms. The maximum atomic E-state index is 12.1. The van der Waals surface area contributed by atoms with Crippen molar-refractivity contribution in [1.82, 2.24) is 14.9 Å². The fourth-order valence-corrected chi connectivity index (χ4v) is 3.06. The van der Waals surface area contributed by atoms with Crippen LogP contribution in [0.4, 0.5) is 0 Å². The topological polar surface area (TPSA) is 70.2 Å². The molecule has 1 aliphatic carbocycles. The molecule has 3 rings (SSSR count). The SMILES string of the molecule is COc1cc(C(=O)C=Cc2cn(C)nc2C2CCCCC2)on1. The Labute approximate surface area is 135 Å². The zero-order valence-corrected chi connectivity index (χ0v) is 13.5. The van der Waals surface area contributed by atoms with Crippen LogP contribution in [0.25, 0.3) is 6.08 Å². The van der Waals surface area contributed by atoms with E-state index in [2.05, 4.69) is 10.3 Å². The molecule has 0 N–H and O–H groups in total. The molecule has 0 radical (unpaired) electrons. The molecule has 1 aliphatic rings. The van der Waals surface area contributed by atoms with E-state index < -0.39 is 0 Å². The first-order chi connectivity index (χ1) is 11.2. The molecule has 6 nitrogen and oxygen atoms in total. The molecule has 2 aromatic rings. The molecular formula is C17H21N3O3. The van der Waals surface area contributed by atoms with Crippen LogP contribution < -0.4 is 4.74 Å². The first-order valence-corrected chi connectivity index (χ1v) is 7.94. The van der Waals surface area contributed by atoms with Crippen LogP contribution in [0.2, 0.25) is 0 Å². The Bertz CT molecular complexity index is 708. The van der Waals surface area contributed by atoms with Gasteiger partial charge in [0.25, 0.3) is 5.88 Å². The summed E-state index contributed by atoms with van der Waals surface area (Å²) < 4.78 is 11.7. The normalized spacial score (nSPS) is 16.1. The van der Waals surface area contributed by atoms with Crippen molar-refractivity contribution in [3.05, 3.63) is 35.4 Å². The number of hydrogen-bond donors (Lipinski definition) is 0. The fourth-order valence-electron chi connectivity index (χ4n) is 3.06. The number of aryl methyl sites for hydroxylation is 1. The number of ether oxygens (including phenoxy) is 1. The van der Waals surface area contributed by atoms with E-state index in [1.165, 1.54) is 51.4 Å². The summed E-state index contributed by atoms with van der Waals surface area (Å²) in [6, 6.07) is 1.48. The van der Waals surface area contributed by atoms with Gasteiger partial charge < -0.3 is 9.26 Å². The van der Waals surface area contributed by atoms with Gasteiger partial charge in [0, 0.05) is 24.7 Å². The van der Waals surface area contributed by atoms with Crippen molar-refractivity contribution in [2.75, 3.05) is 7.11 Å². The third kappa shape index (κ3) is 3.52. The van der Waals surface area contributed by atoms with Gasteiger partial charge >= 0.3 is 0 Å². The van der Waals surface area contributed by atoms with E-state index in [0.717, 1.165) is 11.3 Å². The third-order valence-corrected chi connectivity index (χ3v) is 4.23. The number of methoxy groups -OCH3 is 1. The number of allylic oxidation sites excluding steroid dienone is 1. The van der Waals surface area contributed by atoms with Crippen LogP contribution in [0, 0.1) is 0 Å². The van der Waals surface area contributed by atoms with E-state index in [9.17, 15) is 4.79 Å². The first-order valence-electron chi connectivity index (χ1n) is 7.94. The van der Waals surface area contributed by atoms with Crippen LogP contribution in [0.5, 0.6) is 5.88 Å². The molecule has 0 aromatic carbocycles. The highest BCUT2D eigenvalue weighted by Gasteiger charge is 2.21. The predicted octanol–water partition coefficient (Wildman–Crippen LogP) is 3.36. The van der Waals surface area contributed by atoms with E-state index in [0.29, 0.717) is 11.8 Å². The van der Waals surface area contributed by atoms with Gasteiger partial charge in [0.2, 0.25) is 11.5 Å². The number of carbonyl (C=O) groups is 1. The molecule has 0 saturated heterocycles. The molecule has 0 bridgehead atoms. The van der Waals surface area contributed by atoms with Gasteiger partial charge in [0.15, 0.2) is 0 Å². The summed E-state index contributed by atoms with van der Waals surface area (Å²) in [5.41, 5.74) is 2.09. The molecule has 0 aliphatic heterocycles. The molecule has 0 atom stereocenters. The third-order valence-electron chi connectivity index (χ3n) is 4.23. The van der Waals surface area contributed by atoms with E-state index in [1.807, 2.05) is 24.0 Å². The lowest BCUT2D eigenvalue weighted by Crippen LogP contribution is -2.07. The average molecular weight is 315 g/mol. The molecule has 0 unspecified atom stereocenters. The molecule has 1 fully saturated rings. The minimum atomic E-state index is -0.237. The zero-order chi connectivity index (χ0) is 16.2. The Kier molecular flexibility index (Phi) is 4.60. The van der Waals surface area contributed by atoms with Gasteiger partial charge in [-0.2, -0.15) is 5.10 Å². The molecule has 0 amide bonds. The number of ketones is 1. The number of aromatic nitrogens is 3. The number of hydrogen-bond acceptors (Lipinski definition) is 5. The molecule has 122 valence electrons. The van der Waals surface area contributed by atoms with Gasteiger partial charge in [0.1, 0.15) is 0 Å². The van der Waals surface area contributed by atoms with Crippen molar-refractivity contribution in [2.24, 2.45) is 7.05 Å². The summed E-state index contributed by atoms with van der Waals surface area (Å²) in [5, 5.41) is 8.24. The van der Waals surface area contributed by atoms with Crippen molar-refractivity contribution in [2.45, 2.75) is 38.0 Å². The van der Waals surface area contributed by atoms with E-state index in [1.54, 1.807) is 0 Å². The highest BCUT2D eigenvalue weighted by atomic mass is 16.5. The summed E-state index contributed by atoms with van der Waals surface area (Å²) in [6.07, 6.45) is 11.4. The monoisotopic (exact) mass is 315 g/mol. The fraction of sp³-hybridized carbons (Fsp3) is 0.471. The Morgan fingerprint density at radius 1 is 1.39 bits per heavy atom. The molecule has 0 spiro atoms. The summed E-state index contributed by atoms with van der Waals surface area (Å²) in [4.78, 5) is 12.1. The molecule has 2 heterocycles. The van der Waals surface area contributed by atoms with Gasteiger partial charge in [0.05, 0.1) is 18.9 Å². The number of carbonyl (C=O) groups excluding carboxylic acids is 1. The van der Waals surface area contributed by atoms with Crippen molar-refractivity contribution >= 4 is 11.9 Å². The maximum absolute atomic E-state index is 12.1. The maximum Gasteiger partial charge on any atom is 0.254 e. The van der Waals surface area contributed by atoms with E-state index in [-0.39, 0.29) is 11.5 Å². The van der Waals surface area contributed by atoms with Crippen molar-refractivity contribution < 1.29 is 14.1 Å². The average Bonchev–Trinajstić information content (AvgIpc) is 3.20. The quantitative estimate of drug-likeness (QED) is 0.625. The summed E-state index contributed by atoms with van der Waals surface area (Å²) >= 11 is 0. The second-order valence-corrected chi connectivity index (χ2v) is 5.91. The largest absolute Gasteiger partial charge is 0.479 e. The number of rotatable bonds is 5. The molecule has 2 aromatic heterocycles. The summed E-state index contributed by atoms with van der Waals surface area (Å²) in [6.45, 7) is 0. The van der Waals surface area contributed by atoms with Crippen molar-refractivity contribution in [3.8, 4) is 5.88 Å². The lowest BCUT2D eigenvalue weighted by atomic mass is 9.85. The standard InChI is InChI=1S/C17H21N3O3/c1-20-11-13(17(18-20)12-6-4-3-5-7-12)8-9-14(21)15-10-16(22-2)19-23-15/h8-12H,3-7H2,1-2H3. The predicted molar refractivity (Wildman–Crippen MR) is 85.5 cm³/mol. The van der Waals surface area contributed by atoms with Crippen LogP contribution in [0.15, 0.2) is 22.9 Å². The summed E-state index contributed by atoms with van der Waals surface area (Å²) in [5.74, 6) is 0.719. The second-order valence-electron chi connectivity index (χ2n) is 5.91. The van der Waals surface area contributed by atoms with Crippen molar-refractivity contribution in [3.63, 3.8) is 0 Å². The highest BCUT2D eigenvalue weighted by molar-refractivity contribution is 6.05. The zero-order valence-electron chi connectivity index (χ0n) is 13.5. The van der Waals surface area contributed by atoms with Crippen LogP contribution in [-0.2, 0) is 7.05 Å². The molecular weight excluding hydrogens is 294 g/mol. The Hall–Kier alpha value is -2.37. The first kappa shape index (κ1) is 15.5. The van der Waals surface area contributed by atoms with Crippen LogP contribution in [-0.4, -0.2) is 27.8 Å². The lowest BCUT2D eigenvalue weighted by Gasteiger charge is -2.20. The Balaban J connectivity index is 1.77. The van der Waals surface area contributed by atoms with Gasteiger partial charge in [-0.05, 0) is 30.2 Å². The van der Waals surface area contributed by atoms with E-state index in [4.69, 9.17) is 9.26 Å². The van der Waals surface area contributed by atoms with Crippen LogP contribution in [0.3, 0.4) is 0 Å². The van der Waals surface area contributed by atoms with Gasteiger partial charge in [-0.15, -0.1) is 0 Å². The smallest absolute Gasteiger partial charge is 0.254 e. The minimum absolute atomic E-state index is 0.168. The second kappa shape index (κ2) is 6.81. The molecule has 1 saturated carbocycles. The van der Waals surface area contributed by atoms with E-state index >= 15 is 0 Å². The lowest BCUT2D eigenvalue weighted by molar-refractivity contribution is 0.101. The van der Waals surface area contributed by atoms with Crippen LogP contribution in [0.1, 0.15) is 59.8 Å². The summed E-state index contributed by atoms with van der Waals surface area (Å²) in [7, 11) is 3.39. The minimum Gasteiger partial charge on any atom is -0.479 e. The number of nitrogens with zero attached hydrogens (tertiary/aromatic N) is 3. The van der Waals surface area contributed by atoms with Crippen LogP contribution >= 0.6 is 0 Å². The van der Waals surface area contributed by atoms with Crippen molar-refractivity contribution in [1.29, 1.82) is 0 Å². The van der Waals surface area contributed by atoms with Gasteiger partial charge in [-0.3, -0.25) is 9.48 Å². The molecule has 6 heteroatoms. The van der Waals surface area contributed by atoms with Gasteiger partial charge in [-0.25, -0.2) is 0 Å². The Morgan fingerprint density at radius 3 is 2.87 bits per heavy atom.